The van der Waals surface area contributed by atoms with Crippen molar-refractivity contribution < 1.29 is 9.53 Å². The molecule has 2 aromatic rings. The fraction of sp³-hybridized carbons (Fsp3) is 0.188. The molecule has 2 aromatic carbocycles. The number of halogens is 1. The molecule has 0 bridgehead atoms. The summed E-state index contributed by atoms with van der Waals surface area (Å²) in [6.45, 7) is 2.43. The van der Waals surface area contributed by atoms with Gasteiger partial charge in [-0.05, 0) is 42.3 Å². The molecule has 0 aliphatic rings. The zero-order valence-corrected chi connectivity index (χ0v) is 13.5. The van der Waals surface area contributed by atoms with Crippen molar-refractivity contribution in [2.24, 2.45) is 0 Å². The van der Waals surface area contributed by atoms with Gasteiger partial charge in [0.15, 0.2) is 0 Å². The number of hydrogen-bond acceptors (Lipinski definition) is 2. The monoisotopic (exact) mass is 348 g/mol. The van der Waals surface area contributed by atoms with E-state index in [0.717, 1.165) is 15.6 Å². The van der Waals surface area contributed by atoms with Gasteiger partial charge in [-0.2, -0.15) is 0 Å². The van der Waals surface area contributed by atoms with E-state index >= 15 is 0 Å². The van der Waals surface area contributed by atoms with Crippen molar-refractivity contribution in [2.45, 2.75) is 13.5 Å². The Morgan fingerprint density at radius 3 is 2.57 bits per heavy atom. The predicted molar refractivity (Wildman–Crippen MR) is 87.7 cm³/mol. The molecular formula is C16H17BrN2O2. The molecule has 0 aliphatic carbocycles. The first-order chi connectivity index (χ1) is 10.1. The Kier molecular flexibility index (Phi) is 5.22. The summed E-state index contributed by atoms with van der Waals surface area (Å²) in [5, 5.41) is 5.62. The van der Waals surface area contributed by atoms with Crippen LogP contribution in [0.2, 0.25) is 0 Å². The van der Waals surface area contributed by atoms with Crippen LogP contribution in [0.4, 0.5) is 10.5 Å². The molecule has 0 aliphatic heterocycles. The van der Waals surface area contributed by atoms with Crippen molar-refractivity contribution in [1.29, 1.82) is 0 Å². The highest BCUT2D eigenvalue weighted by Gasteiger charge is 2.07. The van der Waals surface area contributed by atoms with Gasteiger partial charge in [-0.3, -0.25) is 0 Å². The van der Waals surface area contributed by atoms with Gasteiger partial charge in [0, 0.05) is 11.0 Å². The topological polar surface area (TPSA) is 50.4 Å². The Hall–Kier alpha value is -2.01. The van der Waals surface area contributed by atoms with E-state index in [4.69, 9.17) is 4.74 Å². The standard InChI is InChI=1S/C16H17BrN2O2/c1-11-3-8-15(21-2)14(9-11)19-16(20)18-10-12-4-6-13(17)7-5-12/h3-9H,10H2,1-2H3,(H2,18,19,20). The molecule has 0 spiro atoms. The molecule has 2 rings (SSSR count). The normalized spacial score (nSPS) is 10.0. The highest BCUT2D eigenvalue weighted by Crippen LogP contribution is 2.24. The Morgan fingerprint density at radius 2 is 1.90 bits per heavy atom. The third-order valence-electron chi connectivity index (χ3n) is 2.97. The van der Waals surface area contributed by atoms with E-state index in [1.54, 1.807) is 7.11 Å². The molecular weight excluding hydrogens is 332 g/mol. The first kappa shape index (κ1) is 15.4. The van der Waals surface area contributed by atoms with E-state index in [1.807, 2.05) is 49.4 Å². The van der Waals surface area contributed by atoms with Gasteiger partial charge in [0.1, 0.15) is 5.75 Å². The Labute approximate surface area is 132 Å². The van der Waals surface area contributed by atoms with Crippen LogP contribution in [0.15, 0.2) is 46.9 Å². The molecule has 0 unspecified atom stereocenters. The minimum atomic E-state index is -0.262. The molecule has 5 heteroatoms. The quantitative estimate of drug-likeness (QED) is 0.874. The molecule has 4 nitrogen and oxygen atoms in total. The van der Waals surface area contributed by atoms with Crippen molar-refractivity contribution in [3.05, 3.63) is 58.1 Å². The predicted octanol–water partition coefficient (Wildman–Crippen LogP) is 4.09. The lowest BCUT2D eigenvalue weighted by Crippen LogP contribution is -2.28. The maximum Gasteiger partial charge on any atom is 0.319 e. The second-order valence-electron chi connectivity index (χ2n) is 4.64. The van der Waals surface area contributed by atoms with Gasteiger partial charge in [0.2, 0.25) is 0 Å². The average molecular weight is 349 g/mol. The number of nitrogens with one attached hydrogen (secondary N) is 2. The minimum Gasteiger partial charge on any atom is -0.495 e. The summed E-state index contributed by atoms with van der Waals surface area (Å²) in [6, 6.07) is 13.2. The first-order valence-electron chi connectivity index (χ1n) is 6.52. The Bertz CT molecular complexity index is 627. The van der Waals surface area contributed by atoms with Crippen molar-refractivity contribution in [3.8, 4) is 5.75 Å². The van der Waals surface area contributed by atoms with Crippen molar-refractivity contribution in [2.75, 3.05) is 12.4 Å². The Morgan fingerprint density at radius 1 is 1.19 bits per heavy atom. The second kappa shape index (κ2) is 7.13. The van der Waals surface area contributed by atoms with Crippen LogP contribution < -0.4 is 15.4 Å². The first-order valence-corrected chi connectivity index (χ1v) is 7.31. The van der Waals surface area contributed by atoms with Gasteiger partial charge in [-0.15, -0.1) is 0 Å². The van der Waals surface area contributed by atoms with E-state index in [-0.39, 0.29) is 6.03 Å². The van der Waals surface area contributed by atoms with E-state index in [9.17, 15) is 4.79 Å². The summed E-state index contributed by atoms with van der Waals surface area (Å²) in [6.07, 6.45) is 0. The number of amides is 2. The SMILES string of the molecule is COc1ccc(C)cc1NC(=O)NCc1ccc(Br)cc1. The summed E-state index contributed by atoms with van der Waals surface area (Å²) in [7, 11) is 1.58. The van der Waals surface area contributed by atoms with E-state index < -0.39 is 0 Å². The Balaban J connectivity index is 1.95. The number of ether oxygens (including phenoxy) is 1. The van der Waals surface area contributed by atoms with Gasteiger partial charge < -0.3 is 15.4 Å². The van der Waals surface area contributed by atoms with E-state index in [1.165, 1.54) is 0 Å². The number of hydrogen-bond donors (Lipinski definition) is 2. The van der Waals surface area contributed by atoms with E-state index in [2.05, 4.69) is 26.6 Å². The second-order valence-corrected chi connectivity index (χ2v) is 5.55. The van der Waals surface area contributed by atoms with Gasteiger partial charge >= 0.3 is 6.03 Å². The van der Waals surface area contributed by atoms with Gasteiger partial charge in [0.25, 0.3) is 0 Å². The molecule has 2 N–H and O–H groups in total. The summed E-state index contributed by atoms with van der Waals surface area (Å²) in [4.78, 5) is 11.9. The lowest BCUT2D eigenvalue weighted by atomic mass is 10.2. The van der Waals surface area contributed by atoms with Crippen LogP contribution in [0.3, 0.4) is 0 Å². The third-order valence-corrected chi connectivity index (χ3v) is 3.50. The molecule has 110 valence electrons. The molecule has 0 atom stereocenters. The van der Waals surface area contributed by atoms with Crippen LogP contribution in [-0.2, 0) is 6.54 Å². The third kappa shape index (κ3) is 4.49. The maximum atomic E-state index is 11.9. The number of methoxy groups -OCH3 is 1. The smallest absolute Gasteiger partial charge is 0.319 e. The van der Waals surface area contributed by atoms with E-state index in [0.29, 0.717) is 18.0 Å². The highest BCUT2D eigenvalue weighted by atomic mass is 79.9. The highest BCUT2D eigenvalue weighted by molar-refractivity contribution is 9.10. The number of urea groups is 1. The minimum absolute atomic E-state index is 0.262. The maximum absolute atomic E-state index is 11.9. The molecule has 2 amide bonds. The zero-order valence-electron chi connectivity index (χ0n) is 11.9. The summed E-state index contributed by atoms with van der Waals surface area (Å²) in [5.41, 5.74) is 2.74. The summed E-state index contributed by atoms with van der Waals surface area (Å²) >= 11 is 3.38. The van der Waals surface area contributed by atoms with Crippen molar-refractivity contribution in [3.63, 3.8) is 0 Å². The molecule has 0 fully saturated rings. The van der Waals surface area contributed by atoms with Gasteiger partial charge in [-0.25, -0.2) is 4.79 Å². The number of carbonyl (C=O) groups excluding carboxylic acids is 1. The number of benzene rings is 2. The lowest BCUT2D eigenvalue weighted by Gasteiger charge is -2.12. The van der Waals surface area contributed by atoms with Crippen LogP contribution in [0.5, 0.6) is 5.75 Å². The lowest BCUT2D eigenvalue weighted by molar-refractivity contribution is 0.251. The number of aryl methyl sites for hydroxylation is 1. The van der Waals surface area contributed by atoms with Gasteiger partial charge in [0.05, 0.1) is 12.8 Å². The van der Waals surface area contributed by atoms with Crippen molar-refractivity contribution in [1.82, 2.24) is 5.32 Å². The molecule has 21 heavy (non-hydrogen) atoms. The number of anilines is 1. The molecule has 0 saturated heterocycles. The molecule has 0 radical (unpaired) electrons. The number of rotatable bonds is 4. The van der Waals surface area contributed by atoms with Crippen LogP contribution in [-0.4, -0.2) is 13.1 Å². The van der Waals surface area contributed by atoms with Gasteiger partial charge in [-0.1, -0.05) is 34.1 Å². The molecule has 0 saturated carbocycles. The number of carbonyl (C=O) groups is 1. The van der Waals surface area contributed by atoms with Crippen LogP contribution >= 0.6 is 15.9 Å². The summed E-state index contributed by atoms with van der Waals surface area (Å²) in [5.74, 6) is 0.638. The van der Waals surface area contributed by atoms with Crippen LogP contribution in [0.25, 0.3) is 0 Å². The molecule has 0 aromatic heterocycles. The fourth-order valence-corrected chi connectivity index (χ4v) is 2.13. The largest absolute Gasteiger partial charge is 0.495 e. The molecule has 0 heterocycles. The summed E-state index contributed by atoms with van der Waals surface area (Å²) < 4.78 is 6.24. The van der Waals surface area contributed by atoms with Crippen LogP contribution in [0.1, 0.15) is 11.1 Å². The fourth-order valence-electron chi connectivity index (χ4n) is 1.87. The van der Waals surface area contributed by atoms with Crippen LogP contribution in [0, 0.1) is 6.92 Å². The average Bonchev–Trinajstić information content (AvgIpc) is 2.47. The van der Waals surface area contributed by atoms with Crippen molar-refractivity contribution >= 4 is 27.6 Å². The zero-order chi connectivity index (χ0) is 15.2.